The molecule has 0 radical (unpaired) electrons. The molecule has 1 aliphatic heterocycles. The molecule has 5 rings (SSSR count). The number of hydrogen-bond donors (Lipinski definition) is 1. The van der Waals surface area contributed by atoms with Crippen LogP contribution in [-0.2, 0) is 11.8 Å². The van der Waals surface area contributed by atoms with Gasteiger partial charge in [-0.3, -0.25) is 9.48 Å². The number of fused-ring (bicyclic) bond motifs is 1. The predicted molar refractivity (Wildman–Crippen MR) is 105 cm³/mol. The van der Waals surface area contributed by atoms with Crippen molar-refractivity contribution in [2.24, 2.45) is 12.5 Å². The lowest BCUT2D eigenvalue weighted by Gasteiger charge is -2.32. The third-order valence-corrected chi connectivity index (χ3v) is 6.23. The number of hydrogen-bond acceptors (Lipinski definition) is 6. The van der Waals surface area contributed by atoms with Crippen LogP contribution in [0.4, 0.5) is 6.01 Å². The van der Waals surface area contributed by atoms with Crippen molar-refractivity contribution in [1.29, 1.82) is 0 Å². The van der Waals surface area contributed by atoms with Crippen LogP contribution in [0.25, 0.3) is 22.4 Å². The maximum atomic E-state index is 12.4. The summed E-state index contributed by atoms with van der Waals surface area (Å²) in [5.74, 6) is 0.426. The highest BCUT2D eigenvalue weighted by atomic mass is 35.5. The molecule has 0 atom stereocenters. The van der Waals surface area contributed by atoms with Crippen LogP contribution in [0.15, 0.2) is 22.7 Å². The van der Waals surface area contributed by atoms with Gasteiger partial charge in [-0.15, -0.1) is 5.10 Å². The Labute approximate surface area is 166 Å². The first-order chi connectivity index (χ1) is 13.5. The summed E-state index contributed by atoms with van der Waals surface area (Å²) in [4.78, 5) is 14.4. The highest BCUT2D eigenvalue weighted by Crippen LogP contribution is 2.53. The number of likely N-dealkylation sites (tertiary alicyclic amines) is 1. The first kappa shape index (κ1) is 17.5. The molecule has 1 saturated heterocycles. The SMILES string of the molecule is Cn1cc2c(-c3nnc(NCC(=O)N4CCC5(CC4)CC5)o3)ccc(Cl)c2n1. The van der Waals surface area contributed by atoms with Crippen LogP contribution in [0.2, 0.25) is 5.02 Å². The van der Waals surface area contributed by atoms with Crippen LogP contribution < -0.4 is 5.32 Å². The van der Waals surface area contributed by atoms with Gasteiger partial charge in [-0.2, -0.15) is 5.10 Å². The van der Waals surface area contributed by atoms with E-state index in [9.17, 15) is 4.79 Å². The minimum absolute atomic E-state index is 0.0661. The number of carbonyl (C=O) groups is 1. The van der Waals surface area contributed by atoms with Gasteiger partial charge < -0.3 is 14.6 Å². The normalized spacial score (nSPS) is 18.0. The molecule has 3 aromatic rings. The summed E-state index contributed by atoms with van der Waals surface area (Å²) >= 11 is 6.22. The van der Waals surface area contributed by atoms with Crippen molar-refractivity contribution in [2.45, 2.75) is 25.7 Å². The standard InChI is InChI=1S/C19H21ClN6O2/c1-25-11-13-12(2-3-14(20)16(13)24-25)17-22-23-18(28-17)21-10-15(27)26-8-6-19(4-5-19)7-9-26/h2-3,11H,4-10H2,1H3,(H,21,23). The number of benzene rings is 1. The molecular weight excluding hydrogens is 380 g/mol. The van der Waals surface area contributed by atoms with Crippen LogP contribution >= 0.6 is 11.6 Å². The minimum Gasteiger partial charge on any atom is -0.403 e. The van der Waals surface area contributed by atoms with E-state index in [4.69, 9.17) is 16.0 Å². The van der Waals surface area contributed by atoms with Gasteiger partial charge in [0.25, 0.3) is 0 Å². The molecule has 1 saturated carbocycles. The van der Waals surface area contributed by atoms with Gasteiger partial charge in [0.15, 0.2) is 0 Å². The number of rotatable bonds is 4. The molecule has 2 aliphatic rings. The van der Waals surface area contributed by atoms with E-state index in [1.54, 1.807) is 10.7 Å². The van der Waals surface area contributed by atoms with Gasteiger partial charge in [-0.05, 0) is 43.2 Å². The van der Waals surface area contributed by atoms with Crippen LogP contribution in [-0.4, -0.2) is 50.4 Å². The number of aryl methyl sites for hydroxylation is 1. The van der Waals surface area contributed by atoms with Gasteiger partial charge in [0.2, 0.25) is 11.8 Å². The molecule has 1 aromatic carbocycles. The zero-order valence-electron chi connectivity index (χ0n) is 15.6. The second kappa shape index (κ2) is 6.48. The second-order valence-electron chi connectivity index (χ2n) is 7.81. The summed E-state index contributed by atoms with van der Waals surface area (Å²) in [6.07, 6.45) is 6.77. The van der Waals surface area contributed by atoms with Gasteiger partial charge >= 0.3 is 6.01 Å². The molecule has 0 unspecified atom stereocenters. The fraction of sp³-hybridized carbons (Fsp3) is 0.474. The molecular formula is C19H21ClN6O2. The summed E-state index contributed by atoms with van der Waals surface area (Å²) in [5.41, 5.74) is 2.00. The summed E-state index contributed by atoms with van der Waals surface area (Å²) in [5, 5.41) is 16.8. The van der Waals surface area contributed by atoms with Crippen molar-refractivity contribution in [3.05, 3.63) is 23.4 Å². The largest absolute Gasteiger partial charge is 0.403 e. The molecule has 1 N–H and O–H groups in total. The number of nitrogens with zero attached hydrogens (tertiary/aromatic N) is 5. The lowest BCUT2D eigenvalue weighted by molar-refractivity contribution is -0.130. The predicted octanol–water partition coefficient (Wildman–Crippen LogP) is 3.09. The van der Waals surface area contributed by atoms with Crippen molar-refractivity contribution in [3.63, 3.8) is 0 Å². The Bertz CT molecular complexity index is 1040. The maximum absolute atomic E-state index is 12.4. The van der Waals surface area contributed by atoms with Crippen molar-refractivity contribution >= 4 is 34.4 Å². The Balaban J connectivity index is 1.27. The maximum Gasteiger partial charge on any atom is 0.316 e. The number of anilines is 1. The van der Waals surface area contributed by atoms with Gasteiger partial charge in [0.1, 0.15) is 5.52 Å². The fourth-order valence-corrected chi connectivity index (χ4v) is 4.15. The Morgan fingerprint density at radius 3 is 2.79 bits per heavy atom. The van der Waals surface area contributed by atoms with E-state index >= 15 is 0 Å². The Morgan fingerprint density at radius 2 is 2.04 bits per heavy atom. The highest BCUT2D eigenvalue weighted by molar-refractivity contribution is 6.35. The van der Waals surface area contributed by atoms with Crippen molar-refractivity contribution in [2.75, 3.05) is 25.0 Å². The topological polar surface area (TPSA) is 89.1 Å². The third kappa shape index (κ3) is 3.11. The lowest BCUT2D eigenvalue weighted by Crippen LogP contribution is -2.41. The van der Waals surface area contributed by atoms with Crippen LogP contribution in [0.1, 0.15) is 25.7 Å². The van der Waals surface area contributed by atoms with Gasteiger partial charge in [-0.1, -0.05) is 16.7 Å². The van der Waals surface area contributed by atoms with E-state index < -0.39 is 0 Å². The summed E-state index contributed by atoms with van der Waals surface area (Å²) in [6, 6.07) is 3.82. The van der Waals surface area contributed by atoms with Crippen LogP contribution in [0.5, 0.6) is 0 Å². The molecule has 0 bridgehead atoms. The number of piperidine rings is 1. The van der Waals surface area contributed by atoms with E-state index in [1.165, 1.54) is 12.8 Å². The van der Waals surface area contributed by atoms with Gasteiger partial charge in [0, 0.05) is 37.3 Å². The zero-order valence-corrected chi connectivity index (χ0v) is 16.4. The summed E-state index contributed by atoms with van der Waals surface area (Å²) < 4.78 is 7.42. The average Bonchev–Trinajstić information content (AvgIpc) is 3.10. The molecule has 2 aromatic heterocycles. The zero-order chi connectivity index (χ0) is 19.3. The first-order valence-corrected chi connectivity index (χ1v) is 9.88. The van der Waals surface area contributed by atoms with Crippen molar-refractivity contribution in [1.82, 2.24) is 24.9 Å². The second-order valence-corrected chi connectivity index (χ2v) is 8.21. The number of halogens is 1. The minimum atomic E-state index is 0.0661. The van der Waals surface area contributed by atoms with Crippen molar-refractivity contribution in [3.8, 4) is 11.5 Å². The molecule has 3 heterocycles. The molecule has 146 valence electrons. The van der Waals surface area contributed by atoms with E-state index in [1.807, 2.05) is 24.2 Å². The summed E-state index contributed by atoms with van der Waals surface area (Å²) in [6.45, 7) is 1.84. The van der Waals surface area contributed by atoms with Gasteiger partial charge in [0.05, 0.1) is 11.6 Å². The highest BCUT2D eigenvalue weighted by Gasteiger charge is 2.44. The fourth-order valence-electron chi connectivity index (χ4n) is 3.95. The molecule has 9 heteroatoms. The van der Waals surface area contributed by atoms with E-state index in [0.29, 0.717) is 21.8 Å². The van der Waals surface area contributed by atoms with Crippen molar-refractivity contribution < 1.29 is 9.21 Å². The quantitative estimate of drug-likeness (QED) is 0.723. The van der Waals surface area contributed by atoms with E-state index in [0.717, 1.165) is 36.9 Å². The molecule has 1 amide bonds. The van der Waals surface area contributed by atoms with E-state index in [2.05, 4.69) is 20.6 Å². The molecule has 1 aliphatic carbocycles. The summed E-state index contributed by atoms with van der Waals surface area (Å²) in [7, 11) is 1.83. The number of amides is 1. The smallest absolute Gasteiger partial charge is 0.316 e. The first-order valence-electron chi connectivity index (χ1n) is 9.50. The molecule has 1 spiro atoms. The number of carbonyl (C=O) groups excluding carboxylic acids is 1. The Hall–Kier alpha value is -2.61. The molecule has 28 heavy (non-hydrogen) atoms. The average molecular weight is 401 g/mol. The van der Waals surface area contributed by atoms with Crippen LogP contribution in [0, 0.1) is 5.41 Å². The Kier molecular flexibility index (Phi) is 4.04. The van der Waals surface area contributed by atoms with Gasteiger partial charge in [-0.25, -0.2) is 0 Å². The lowest BCUT2D eigenvalue weighted by atomic mass is 9.94. The Morgan fingerprint density at radius 1 is 1.25 bits per heavy atom. The monoisotopic (exact) mass is 400 g/mol. The van der Waals surface area contributed by atoms with Crippen LogP contribution in [0.3, 0.4) is 0 Å². The van der Waals surface area contributed by atoms with E-state index in [-0.39, 0.29) is 18.5 Å². The number of aromatic nitrogens is 4. The third-order valence-electron chi connectivity index (χ3n) is 5.92. The molecule has 8 nitrogen and oxygen atoms in total. The number of nitrogens with one attached hydrogen (secondary N) is 1. The molecule has 2 fully saturated rings.